The highest BCUT2D eigenvalue weighted by atomic mass is 16.5. The molecule has 5 nitrogen and oxygen atoms in total. The van der Waals surface area contributed by atoms with Gasteiger partial charge in [0, 0.05) is 6.07 Å². The molecule has 0 spiro atoms. The molecule has 2 N–H and O–H groups in total. The maximum absolute atomic E-state index is 12.6. The minimum absolute atomic E-state index is 0.0222. The number of ether oxygens (including phenoxy) is 1. The number of aromatic hydroxyl groups is 2. The lowest BCUT2D eigenvalue weighted by Gasteiger charge is -2.09. The summed E-state index contributed by atoms with van der Waals surface area (Å²) in [6, 6.07) is 10.2. The summed E-state index contributed by atoms with van der Waals surface area (Å²) in [6.45, 7) is 0. The van der Waals surface area contributed by atoms with Crippen LogP contribution in [0.5, 0.6) is 17.2 Å². The maximum Gasteiger partial charge on any atom is 0.204 e. The molecule has 0 bridgehead atoms. The van der Waals surface area contributed by atoms with Crippen LogP contribution in [0.4, 0.5) is 0 Å². The summed E-state index contributed by atoms with van der Waals surface area (Å²) in [6.07, 6.45) is 1.31. The van der Waals surface area contributed by atoms with Crippen LogP contribution < -0.4 is 10.2 Å². The van der Waals surface area contributed by atoms with Gasteiger partial charge < -0.3 is 19.4 Å². The molecule has 0 saturated heterocycles. The topological polar surface area (TPSA) is 79.9 Å². The van der Waals surface area contributed by atoms with Crippen LogP contribution in [0.25, 0.3) is 22.1 Å². The van der Waals surface area contributed by atoms with Gasteiger partial charge in [0.05, 0.1) is 12.7 Å². The van der Waals surface area contributed by atoms with Crippen molar-refractivity contribution < 1.29 is 19.4 Å². The van der Waals surface area contributed by atoms with Gasteiger partial charge >= 0.3 is 0 Å². The van der Waals surface area contributed by atoms with E-state index in [0.29, 0.717) is 11.1 Å². The molecule has 0 amide bonds. The molecule has 3 rings (SSSR count). The Bertz CT molecular complexity index is 865. The average molecular weight is 284 g/mol. The quantitative estimate of drug-likeness (QED) is 0.756. The Morgan fingerprint density at radius 3 is 2.52 bits per heavy atom. The van der Waals surface area contributed by atoms with Gasteiger partial charge in [-0.25, -0.2) is 0 Å². The summed E-state index contributed by atoms with van der Waals surface area (Å²) in [5.74, 6) is -0.878. The first-order chi connectivity index (χ1) is 10.1. The Balaban J connectivity index is 2.38. The molecule has 0 atom stereocenters. The summed E-state index contributed by atoms with van der Waals surface area (Å²) in [5, 5.41) is 19.8. The normalized spacial score (nSPS) is 10.7. The van der Waals surface area contributed by atoms with Crippen LogP contribution in [0.2, 0.25) is 0 Å². The summed E-state index contributed by atoms with van der Waals surface area (Å²) < 4.78 is 10.3. The van der Waals surface area contributed by atoms with Crippen LogP contribution in [0.3, 0.4) is 0 Å². The number of hydrogen-bond donors (Lipinski definition) is 2. The molecule has 0 fully saturated rings. The first kappa shape index (κ1) is 13.1. The first-order valence-electron chi connectivity index (χ1n) is 6.23. The van der Waals surface area contributed by atoms with Crippen LogP contribution in [0.1, 0.15) is 0 Å². The second-order valence-electron chi connectivity index (χ2n) is 4.50. The van der Waals surface area contributed by atoms with E-state index in [1.165, 1.54) is 19.4 Å². The van der Waals surface area contributed by atoms with Gasteiger partial charge in [-0.05, 0) is 5.56 Å². The smallest absolute Gasteiger partial charge is 0.204 e. The minimum atomic E-state index is -0.431. The first-order valence-corrected chi connectivity index (χ1v) is 6.23. The minimum Gasteiger partial charge on any atom is -0.504 e. The highest BCUT2D eigenvalue weighted by Crippen LogP contribution is 2.41. The Kier molecular flexibility index (Phi) is 3.02. The van der Waals surface area contributed by atoms with Crippen LogP contribution in [0.15, 0.2) is 51.9 Å². The van der Waals surface area contributed by atoms with E-state index in [9.17, 15) is 15.0 Å². The van der Waals surface area contributed by atoms with E-state index in [0.717, 1.165) is 0 Å². The van der Waals surface area contributed by atoms with E-state index in [1.807, 2.05) is 6.07 Å². The van der Waals surface area contributed by atoms with Gasteiger partial charge in [0.1, 0.15) is 17.2 Å². The van der Waals surface area contributed by atoms with Crippen LogP contribution in [-0.4, -0.2) is 17.3 Å². The summed E-state index contributed by atoms with van der Waals surface area (Å²) in [5.41, 5.74) is 0.708. The Morgan fingerprint density at radius 1 is 1.14 bits per heavy atom. The summed E-state index contributed by atoms with van der Waals surface area (Å²) in [4.78, 5) is 12.6. The highest BCUT2D eigenvalue weighted by Gasteiger charge is 2.19. The fourth-order valence-corrected chi connectivity index (χ4v) is 2.25. The molecule has 1 heterocycles. The molecule has 106 valence electrons. The zero-order chi connectivity index (χ0) is 15.0. The molecule has 0 unspecified atom stereocenters. The molecular weight excluding hydrogens is 272 g/mol. The summed E-state index contributed by atoms with van der Waals surface area (Å²) in [7, 11) is 1.29. The third-order valence-electron chi connectivity index (χ3n) is 3.26. The number of fused-ring (bicyclic) bond motifs is 1. The standard InChI is InChI=1S/C16H12O5/c1-20-16-11(17)7-12-13(15(16)19)14(18)10(8-21-12)9-5-3-2-4-6-9/h2-8,17,19H,1H3. The van der Waals surface area contributed by atoms with Crippen molar-refractivity contribution >= 4 is 11.0 Å². The lowest BCUT2D eigenvalue weighted by Crippen LogP contribution is -2.05. The van der Waals surface area contributed by atoms with E-state index < -0.39 is 11.2 Å². The molecule has 2 aromatic carbocycles. The van der Waals surface area contributed by atoms with E-state index in [1.54, 1.807) is 24.3 Å². The Labute approximate surface area is 119 Å². The monoisotopic (exact) mass is 284 g/mol. The van der Waals surface area contributed by atoms with Gasteiger partial charge in [0.15, 0.2) is 11.5 Å². The zero-order valence-corrected chi connectivity index (χ0v) is 11.2. The largest absolute Gasteiger partial charge is 0.504 e. The molecule has 5 heteroatoms. The predicted octanol–water partition coefficient (Wildman–Crippen LogP) is 2.88. The zero-order valence-electron chi connectivity index (χ0n) is 11.2. The van der Waals surface area contributed by atoms with Crippen molar-refractivity contribution in [1.82, 2.24) is 0 Å². The molecule has 0 radical (unpaired) electrons. The van der Waals surface area contributed by atoms with Crippen molar-refractivity contribution in [3.05, 3.63) is 52.9 Å². The predicted molar refractivity (Wildman–Crippen MR) is 77.8 cm³/mol. The van der Waals surface area contributed by atoms with Crippen molar-refractivity contribution in [3.8, 4) is 28.4 Å². The fraction of sp³-hybridized carbons (Fsp3) is 0.0625. The SMILES string of the molecule is COc1c(O)cc2occ(-c3ccccc3)c(=O)c2c1O. The van der Waals surface area contributed by atoms with Gasteiger partial charge in [-0.15, -0.1) is 0 Å². The van der Waals surface area contributed by atoms with Gasteiger partial charge in [-0.1, -0.05) is 30.3 Å². The Hall–Kier alpha value is -2.95. The molecule has 3 aromatic rings. The molecule has 0 aliphatic rings. The molecule has 21 heavy (non-hydrogen) atoms. The maximum atomic E-state index is 12.6. The number of phenols is 2. The van der Waals surface area contributed by atoms with Crippen LogP contribution >= 0.6 is 0 Å². The van der Waals surface area contributed by atoms with Crippen molar-refractivity contribution in [2.75, 3.05) is 7.11 Å². The van der Waals surface area contributed by atoms with Gasteiger partial charge in [0.25, 0.3) is 0 Å². The molecule has 0 aliphatic carbocycles. The Morgan fingerprint density at radius 2 is 1.86 bits per heavy atom. The molecular formula is C16H12O5. The number of phenolic OH excluding ortho intramolecular Hbond substituents is 2. The number of methoxy groups -OCH3 is 1. The molecule has 0 aliphatic heterocycles. The molecule has 1 aromatic heterocycles. The third kappa shape index (κ3) is 1.99. The van der Waals surface area contributed by atoms with Crippen molar-refractivity contribution in [2.24, 2.45) is 0 Å². The lowest BCUT2D eigenvalue weighted by atomic mass is 10.0. The van der Waals surface area contributed by atoms with E-state index in [2.05, 4.69) is 0 Å². The van der Waals surface area contributed by atoms with E-state index >= 15 is 0 Å². The second kappa shape index (κ2) is 4.86. The number of benzene rings is 2. The molecule has 0 saturated carbocycles. The van der Waals surface area contributed by atoms with Crippen LogP contribution in [0, 0.1) is 0 Å². The van der Waals surface area contributed by atoms with Crippen molar-refractivity contribution in [2.45, 2.75) is 0 Å². The van der Waals surface area contributed by atoms with Gasteiger partial charge in [-0.3, -0.25) is 4.79 Å². The van der Waals surface area contributed by atoms with Crippen molar-refractivity contribution in [3.63, 3.8) is 0 Å². The van der Waals surface area contributed by atoms with E-state index in [4.69, 9.17) is 9.15 Å². The second-order valence-corrected chi connectivity index (χ2v) is 4.50. The van der Waals surface area contributed by atoms with Gasteiger partial charge in [0.2, 0.25) is 11.2 Å². The number of hydrogen-bond acceptors (Lipinski definition) is 5. The third-order valence-corrected chi connectivity index (χ3v) is 3.26. The fourth-order valence-electron chi connectivity index (χ4n) is 2.25. The average Bonchev–Trinajstić information content (AvgIpc) is 2.48. The van der Waals surface area contributed by atoms with Gasteiger partial charge in [-0.2, -0.15) is 0 Å². The van der Waals surface area contributed by atoms with Crippen LogP contribution in [-0.2, 0) is 0 Å². The van der Waals surface area contributed by atoms with E-state index in [-0.39, 0.29) is 22.5 Å². The lowest BCUT2D eigenvalue weighted by molar-refractivity contribution is 0.346. The summed E-state index contributed by atoms with van der Waals surface area (Å²) >= 11 is 0. The highest BCUT2D eigenvalue weighted by molar-refractivity contribution is 5.91. The van der Waals surface area contributed by atoms with Crippen molar-refractivity contribution in [1.29, 1.82) is 0 Å². The number of rotatable bonds is 2.